The summed E-state index contributed by atoms with van der Waals surface area (Å²) < 4.78 is 1.34. The molecule has 0 saturated heterocycles. The third-order valence-electron chi connectivity index (χ3n) is 1.33. The molecule has 0 atom stereocenters. The Morgan fingerprint density at radius 1 is 1.91 bits per heavy atom. The van der Waals surface area contributed by atoms with Crippen LogP contribution < -0.4 is 5.73 Å². The van der Waals surface area contributed by atoms with Gasteiger partial charge in [-0.05, 0) is 0 Å². The lowest BCUT2D eigenvalue weighted by Gasteiger charge is -1.94. The van der Waals surface area contributed by atoms with Crippen LogP contribution in [0.4, 0.5) is 5.82 Å². The Bertz CT molecular complexity index is 279. The predicted molar refractivity (Wildman–Crippen MR) is 39.0 cm³/mol. The molecule has 0 fully saturated rings. The Morgan fingerprint density at radius 2 is 2.55 bits per heavy atom. The molecule has 3 N–H and O–H groups in total. The number of nitrogens with two attached hydrogens (primary N) is 1. The first kappa shape index (κ1) is 7.74. The first-order valence-electron chi connectivity index (χ1n) is 3.08. The normalized spacial score (nSPS) is 10.0. The van der Waals surface area contributed by atoms with E-state index in [0.29, 0.717) is 5.69 Å². The van der Waals surface area contributed by atoms with Crippen LogP contribution in [-0.4, -0.2) is 27.3 Å². The van der Waals surface area contributed by atoms with Crippen molar-refractivity contribution in [1.82, 2.24) is 9.78 Å². The van der Waals surface area contributed by atoms with E-state index >= 15 is 0 Å². The molecule has 0 radical (unpaired) electrons. The number of rotatable bonds is 2. The minimum atomic E-state index is -0.515. The monoisotopic (exact) mass is 155 g/mol. The van der Waals surface area contributed by atoms with Gasteiger partial charge in [-0.25, -0.2) is 0 Å². The molecule has 5 heteroatoms. The summed E-state index contributed by atoms with van der Waals surface area (Å²) in [6, 6.07) is 1.43. The number of hydrogen-bond acceptors (Lipinski definition) is 4. The van der Waals surface area contributed by atoms with Gasteiger partial charge in [0.1, 0.15) is 18.1 Å². The highest BCUT2D eigenvalue weighted by Crippen LogP contribution is 2.04. The molecule has 60 valence electrons. The zero-order valence-electron chi connectivity index (χ0n) is 6.11. The molecule has 1 aromatic heterocycles. The van der Waals surface area contributed by atoms with Crippen molar-refractivity contribution in [2.75, 3.05) is 12.3 Å². The smallest absolute Gasteiger partial charge is 0.206 e. The van der Waals surface area contributed by atoms with Crippen LogP contribution in [0, 0.1) is 0 Å². The van der Waals surface area contributed by atoms with E-state index in [9.17, 15) is 4.79 Å². The summed E-state index contributed by atoms with van der Waals surface area (Å²) in [4.78, 5) is 10.9. The molecule has 0 bridgehead atoms. The fourth-order valence-electron chi connectivity index (χ4n) is 0.831. The van der Waals surface area contributed by atoms with E-state index < -0.39 is 6.61 Å². The van der Waals surface area contributed by atoms with Crippen LogP contribution in [0.5, 0.6) is 0 Å². The lowest BCUT2D eigenvalue weighted by molar-refractivity contribution is 0.0894. The van der Waals surface area contributed by atoms with Crippen LogP contribution in [-0.2, 0) is 7.05 Å². The van der Waals surface area contributed by atoms with Gasteiger partial charge in [0, 0.05) is 13.1 Å². The zero-order chi connectivity index (χ0) is 8.43. The quantitative estimate of drug-likeness (QED) is 0.546. The summed E-state index contributed by atoms with van der Waals surface area (Å²) in [5.74, 6) is -0.0963. The van der Waals surface area contributed by atoms with Crippen LogP contribution >= 0.6 is 0 Å². The molecule has 1 aromatic rings. The number of aliphatic hydroxyl groups excluding tert-OH is 1. The topological polar surface area (TPSA) is 81.1 Å². The molecule has 0 aliphatic carbocycles. The SMILES string of the molecule is Cn1nc(N)cc1C(=O)CO. The van der Waals surface area contributed by atoms with Gasteiger partial charge < -0.3 is 10.8 Å². The van der Waals surface area contributed by atoms with Crippen LogP contribution in [0.1, 0.15) is 10.5 Å². The molecule has 1 heterocycles. The summed E-state index contributed by atoms with van der Waals surface area (Å²) in [5, 5.41) is 12.2. The number of aliphatic hydroxyl groups is 1. The van der Waals surface area contributed by atoms with Gasteiger partial charge >= 0.3 is 0 Å². The number of aryl methyl sites for hydroxylation is 1. The number of Topliss-reactive ketones (excluding diaryl/α,β-unsaturated/α-hetero) is 1. The van der Waals surface area contributed by atoms with Crippen molar-refractivity contribution in [2.45, 2.75) is 0 Å². The summed E-state index contributed by atoms with van der Waals surface area (Å²) in [6.45, 7) is -0.515. The van der Waals surface area contributed by atoms with Crippen molar-refractivity contribution in [3.63, 3.8) is 0 Å². The highest BCUT2D eigenvalue weighted by atomic mass is 16.3. The van der Waals surface area contributed by atoms with E-state index in [1.54, 1.807) is 7.05 Å². The summed E-state index contributed by atoms with van der Waals surface area (Å²) in [5.41, 5.74) is 5.63. The van der Waals surface area contributed by atoms with Crippen molar-refractivity contribution in [2.24, 2.45) is 7.05 Å². The van der Waals surface area contributed by atoms with Gasteiger partial charge in [-0.3, -0.25) is 9.48 Å². The molecule has 1 rings (SSSR count). The van der Waals surface area contributed by atoms with Crippen LogP contribution in [0.15, 0.2) is 6.07 Å². The molecule has 0 aliphatic heterocycles. The maximum atomic E-state index is 10.9. The Hall–Kier alpha value is -1.36. The molecular formula is C6H9N3O2. The second-order valence-corrected chi connectivity index (χ2v) is 2.16. The average molecular weight is 155 g/mol. The van der Waals surface area contributed by atoms with E-state index in [1.165, 1.54) is 10.7 Å². The largest absolute Gasteiger partial charge is 0.388 e. The summed E-state index contributed by atoms with van der Waals surface area (Å²) in [7, 11) is 1.60. The van der Waals surface area contributed by atoms with Gasteiger partial charge in [-0.1, -0.05) is 0 Å². The number of anilines is 1. The molecule has 0 spiro atoms. The molecule has 0 unspecified atom stereocenters. The number of hydrogen-bond donors (Lipinski definition) is 2. The van der Waals surface area contributed by atoms with Crippen LogP contribution in [0.3, 0.4) is 0 Å². The van der Waals surface area contributed by atoms with Gasteiger partial charge in [0.2, 0.25) is 5.78 Å². The number of aromatic nitrogens is 2. The molecule has 0 saturated carbocycles. The van der Waals surface area contributed by atoms with E-state index in [-0.39, 0.29) is 11.6 Å². The van der Waals surface area contributed by atoms with E-state index in [4.69, 9.17) is 10.8 Å². The lowest BCUT2D eigenvalue weighted by atomic mass is 10.3. The highest BCUT2D eigenvalue weighted by Gasteiger charge is 2.09. The highest BCUT2D eigenvalue weighted by molar-refractivity contribution is 5.95. The van der Waals surface area contributed by atoms with Crippen LogP contribution in [0.25, 0.3) is 0 Å². The lowest BCUT2D eigenvalue weighted by Crippen LogP contribution is -2.10. The van der Waals surface area contributed by atoms with Gasteiger partial charge in [0.15, 0.2) is 0 Å². The molecule has 5 nitrogen and oxygen atoms in total. The zero-order valence-corrected chi connectivity index (χ0v) is 6.11. The summed E-state index contributed by atoms with van der Waals surface area (Å²) >= 11 is 0. The minimum Gasteiger partial charge on any atom is -0.388 e. The Morgan fingerprint density at radius 3 is 2.91 bits per heavy atom. The van der Waals surface area contributed by atoms with Crippen molar-refractivity contribution in [3.8, 4) is 0 Å². The standard InChI is InChI=1S/C6H9N3O2/c1-9-4(5(11)3-10)2-6(7)8-9/h2,10H,3H2,1H3,(H2,7,8). The Labute approximate surface area is 63.4 Å². The third kappa shape index (κ3) is 1.38. The van der Waals surface area contributed by atoms with E-state index in [2.05, 4.69) is 5.10 Å². The number of nitrogen functional groups attached to an aromatic ring is 1. The third-order valence-corrected chi connectivity index (χ3v) is 1.33. The van der Waals surface area contributed by atoms with Crippen LogP contribution in [0.2, 0.25) is 0 Å². The fourth-order valence-corrected chi connectivity index (χ4v) is 0.831. The van der Waals surface area contributed by atoms with Gasteiger partial charge in [0.05, 0.1) is 0 Å². The van der Waals surface area contributed by atoms with Gasteiger partial charge in [0.25, 0.3) is 0 Å². The Kier molecular flexibility index (Phi) is 1.91. The van der Waals surface area contributed by atoms with E-state index in [0.717, 1.165) is 0 Å². The van der Waals surface area contributed by atoms with Gasteiger partial charge in [-0.15, -0.1) is 0 Å². The number of carbonyl (C=O) groups is 1. The predicted octanol–water partition coefficient (Wildman–Crippen LogP) is -0.823. The number of ketones is 1. The van der Waals surface area contributed by atoms with E-state index in [1.807, 2.05) is 0 Å². The maximum Gasteiger partial charge on any atom is 0.206 e. The van der Waals surface area contributed by atoms with Crippen molar-refractivity contribution >= 4 is 11.6 Å². The number of nitrogens with zero attached hydrogens (tertiary/aromatic N) is 2. The fraction of sp³-hybridized carbons (Fsp3) is 0.333. The first-order valence-corrected chi connectivity index (χ1v) is 3.08. The second kappa shape index (κ2) is 2.71. The van der Waals surface area contributed by atoms with Crippen molar-refractivity contribution in [3.05, 3.63) is 11.8 Å². The first-order chi connectivity index (χ1) is 5.15. The molecule has 11 heavy (non-hydrogen) atoms. The molecular weight excluding hydrogens is 146 g/mol. The molecule has 0 amide bonds. The van der Waals surface area contributed by atoms with Gasteiger partial charge in [-0.2, -0.15) is 5.10 Å². The minimum absolute atomic E-state index is 0.282. The average Bonchev–Trinajstić information content (AvgIpc) is 2.28. The molecule has 0 aliphatic rings. The number of carbonyl (C=O) groups excluding carboxylic acids is 1. The Balaban J connectivity index is 3.03. The maximum absolute atomic E-state index is 10.9. The summed E-state index contributed by atoms with van der Waals surface area (Å²) in [6.07, 6.45) is 0. The second-order valence-electron chi connectivity index (χ2n) is 2.16. The van der Waals surface area contributed by atoms with Crippen molar-refractivity contribution in [1.29, 1.82) is 0 Å². The van der Waals surface area contributed by atoms with Crippen molar-refractivity contribution < 1.29 is 9.90 Å². The molecule has 0 aromatic carbocycles.